The van der Waals surface area contributed by atoms with Crippen molar-refractivity contribution in [3.8, 4) is 17.1 Å². The van der Waals surface area contributed by atoms with Crippen LogP contribution < -0.4 is 15.0 Å². The number of tetrazole rings is 1. The lowest BCUT2D eigenvalue weighted by atomic mass is 10.2. The number of carbonyl (C=O) groups is 1. The highest BCUT2D eigenvalue weighted by Crippen LogP contribution is 2.19. The summed E-state index contributed by atoms with van der Waals surface area (Å²) in [6.07, 6.45) is 0.844. The number of anilines is 1. The molecule has 0 atom stereocenters. The van der Waals surface area contributed by atoms with Gasteiger partial charge in [0.15, 0.2) is 0 Å². The van der Waals surface area contributed by atoms with Crippen LogP contribution in [-0.4, -0.2) is 53.4 Å². The molecule has 0 spiro atoms. The third-order valence-electron chi connectivity index (χ3n) is 4.26. The van der Waals surface area contributed by atoms with Gasteiger partial charge in [0.25, 0.3) is 0 Å². The molecule has 0 unspecified atom stereocenters. The summed E-state index contributed by atoms with van der Waals surface area (Å²) in [4.78, 5) is 15.6. The van der Waals surface area contributed by atoms with Crippen LogP contribution in [0.1, 0.15) is 6.42 Å². The molecule has 1 heterocycles. The van der Waals surface area contributed by atoms with Gasteiger partial charge in [0.1, 0.15) is 12.3 Å². The first-order valence-electron chi connectivity index (χ1n) is 9.11. The van der Waals surface area contributed by atoms with Crippen molar-refractivity contribution >= 4 is 11.6 Å². The summed E-state index contributed by atoms with van der Waals surface area (Å²) >= 11 is 0. The lowest BCUT2D eigenvalue weighted by Gasteiger charge is -2.19. The van der Waals surface area contributed by atoms with E-state index in [2.05, 4.69) is 37.8 Å². The molecular formula is C20H24N6O2. The maximum atomic E-state index is 12.1. The second-order valence-corrected chi connectivity index (χ2v) is 6.34. The maximum Gasteiger partial charge on any atom is 0.243 e. The molecule has 1 aromatic heterocycles. The molecule has 28 heavy (non-hydrogen) atoms. The molecule has 0 saturated carbocycles. The molecule has 8 heteroatoms. The van der Waals surface area contributed by atoms with Crippen molar-refractivity contribution in [2.24, 2.45) is 0 Å². The van der Waals surface area contributed by atoms with Crippen LogP contribution in [0.15, 0.2) is 54.6 Å². The van der Waals surface area contributed by atoms with Gasteiger partial charge in [-0.3, -0.25) is 4.79 Å². The van der Waals surface area contributed by atoms with Gasteiger partial charge in [-0.1, -0.05) is 30.3 Å². The Kier molecular flexibility index (Phi) is 6.56. The second kappa shape index (κ2) is 9.50. The smallest absolute Gasteiger partial charge is 0.243 e. The minimum Gasteiger partial charge on any atom is -0.497 e. The number of carbonyl (C=O) groups excluding carboxylic acids is 1. The number of aromatic nitrogens is 4. The normalized spacial score (nSPS) is 10.5. The van der Waals surface area contributed by atoms with Crippen LogP contribution in [0.25, 0.3) is 11.4 Å². The number of hydrogen-bond donors (Lipinski definition) is 1. The van der Waals surface area contributed by atoms with E-state index < -0.39 is 0 Å². The molecule has 0 fully saturated rings. The third kappa shape index (κ3) is 5.29. The van der Waals surface area contributed by atoms with Crippen LogP contribution in [0.5, 0.6) is 5.75 Å². The van der Waals surface area contributed by atoms with Crippen LogP contribution >= 0.6 is 0 Å². The fourth-order valence-corrected chi connectivity index (χ4v) is 2.73. The highest BCUT2D eigenvalue weighted by atomic mass is 16.5. The van der Waals surface area contributed by atoms with Gasteiger partial charge in [-0.15, -0.1) is 10.2 Å². The fourth-order valence-electron chi connectivity index (χ4n) is 2.73. The Morgan fingerprint density at radius 3 is 2.79 bits per heavy atom. The summed E-state index contributed by atoms with van der Waals surface area (Å²) in [5.74, 6) is 1.03. The molecule has 1 N–H and O–H groups in total. The lowest BCUT2D eigenvalue weighted by Crippen LogP contribution is -2.31. The molecule has 0 aliphatic rings. The van der Waals surface area contributed by atoms with Gasteiger partial charge < -0.3 is 15.0 Å². The Bertz CT molecular complexity index is 896. The lowest BCUT2D eigenvalue weighted by molar-refractivity contribution is -0.122. The first-order chi connectivity index (χ1) is 13.7. The predicted molar refractivity (Wildman–Crippen MR) is 107 cm³/mol. The maximum absolute atomic E-state index is 12.1. The number of nitrogens with one attached hydrogen (secondary N) is 1. The van der Waals surface area contributed by atoms with Gasteiger partial charge in [0.05, 0.1) is 7.11 Å². The number of nitrogens with zero attached hydrogens (tertiary/aromatic N) is 5. The summed E-state index contributed by atoms with van der Waals surface area (Å²) in [7, 11) is 3.64. The third-order valence-corrected chi connectivity index (χ3v) is 4.26. The fraction of sp³-hybridized carbons (Fsp3) is 0.300. The van der Waals surface area contributed by atoms with Gasteiger partial charge in [0.2, 0.25) is 11.7 Å². The van der Waals surface area contributed by atoms with Gasteiger partial charge in [-0.25, -0.2) is 0 Å². The summed E-state index contributed by atoms with van der Waals surface area (Å²) in [5, 5.41) is 15.1. The van der Waals surface area contributed by atoms with Crippen LogP contribution in [0.4, 0.5) is 5.69 Å². The molecule has 3 rings (SSSR count). The zero-order valence-corrected chi connectivity index (χ0v) is 16.1. The average molecular weight is 380 g/mol. The van der Waals surface area contributed by atoms with E-state index >= 15 is 0 Å². The summed E-state index contributed by atoms with van der Waals surface area (Å²) < 4.78 is 5.20. The number of amides is 1. The topological polar surface area (TPSA) is 85.2 Å². The Morgan fingerprint density at radius 2 is 2.00 bits per heavy atom. The highest BCUT2D eigenvalue weighted by molar-refractivity contribution is 5.75. The van der Waals surface area contributed by atoms with E-state index in [1.54, 1.807) is 7.11 Å². The van der Waals surface area contributed by atoms with Crippen molar-refractivity contribution in [3.63, 3.8) is 0 Å². The van der Waals surface area contributed by atoms with Gasteiger partial charge in [-0.05, 0) is 35.9 Å². The van der Waals surface area contributed by atoms with E-state index in [1.165, 1.54) is 4.80 Å². The second-order valence-electron chi connectivity index (χ2n) is 6.34. The number of para-hydroxylation sites is 1. The molecule has 3 aromatic rings. The Hall–Kier alpha value is -3.42. The minimum atomic E-state index is -0.142. The monoisotopic (exact) mass is 380 g/mol. The van der Waals surface area contributed by atoms with Crippen molar-refractivity contribution in [2.45, 2.75) is 13.0 Å². The number of ether oxygens (including phenoxy) is 1. The van der Waals surface area contributed by atoms with Crippen molar-refractivity contribution in [3.05, 3.63) is 54.6 Å². The molecule has 0 aliphatic carbocycles. The van der Waals surface area contributed by atoms with E-state index in [-0.39, 0.29) is 12.5 Å². The average Bonchev–Trinajstić information content (AvgIpc) is 3.20. The van der Waals surface area contributed by atoms with E-state index in [0.717, 1.165) is 24.2 Å². The van der Waals surface area contributed by atoms with E-state index in [0.29, 0.717) is 18.1 Å². The summed E-state index contributed by atoms with van der Waals surface area (Å²) in [6.45, 7) is 1.48. The SMILES string of the molecule is COc1cccc(-c2nnn(CC(=O)NCCCN(C)c3ccccc3)n2)c1. The molecule has 146 valence electrons. The highest BCUT2D eigenvalue weighted by Gasteiger charge is 2.10. The van der Waals surface area contributed by atoms with Gasteiger partial charge in [-0.2, -0.15) is 4.80 Å². The van der Waals surface area contributed by atoms with E-state index in [1.807, 2.05) is 49.5 Å². The van der Waals surface area contributed by atoms with Crippen LogP contribution in [0.2, 0.25) is 0 Å². The quantitative estimate of drug-likeness (QED) is 0.572. The largest absolute Gasteiger partial charge is 0.497 e. The first-order valence-corrected chi connectivity index (χ1v) is 9.11. The zero-order chi connectivity index (χ0) is 19.8. The zero-order valence-electron chi connectivity index (χ0n) is 16.1. The summed E-state index contributed by atoms with van der Waals surface area (Å²) in [5.41, 5.74) is 1.95. The number of methoxy groups -OCH3 is 1. The molecule has 8 nitrogen and oxygen atoms in total. The number of hydrogen-bond acceptors (Lipinski definition) is 6. The summed E-state index contributed by atoms with van der Waals surface area (Å²) in [6, 6.07) is 17.5. The van der Waals surface area contributed by atoms with Crippen molar-refractivity contribution in [1.29, 1.82) is 0 Å². The molecule has 0 radical (unpaired) electrons. The number of benzene rings is 2. The molecule has 0 aliphatic heterocycles. The Balaban J connectivity index is 1.43. The standard InChI is InChI=1S/C20H24N6O2/c1-25(17-9-4-3-5-10-17)13-7-12-21-19(27)15-26-23-20(22-24-26)16-8-6-11-18(14-16)28-2/h3-6,8-11,14H,7,12-13,15H2,1-2H3,(H,21,27). The van der Waals surface area contributed by atoms with E-state index in [4.69, 9.17) is 4.74 Å². The van der Waals surface area contributed by atoms with Crippen LogP contribution in [0.3, 0.4) is 0 Å². The molecule has 0 saturated heterocycles. The van der Waals surface area contributed by atoms with Crippen molar-refractivity contribution in [1.82, 2.24) is 25.5 Å². The minimum absolute atomic E-state index is 0.0332. The van der Waals surface area contributed by atoms with Gasteiger partial charge >= 0.3 is 0 Å². The first kappa shape index (κ1) is 19.3. The Labute approximate surface area is 164 Å². The predicted octanol–water partition coefficient (Wildman–Crippen LogP) is 1.99. The molecular weight excluding hydrogens is 356 g/mol. The van der Waals surface area contributed by atoms with Gasteiger partial charge in [0, 0.05) is 31.4 Å². The molecule has 1 amide bonds. The van der Waals surface area contributed by atoms with E-state index in [9.17, 15) is 4.79 Å². The molecule has 0 bridgehead atoms. The van der Waals surface area contributed by atoms with Crippen molar-refractivity contribution < 1.29 is 9.53 Å². The Morgan fingerprint density at radius 1 is 1.18 bits per heavy atom. The number of rotatable bonds is 9. The molecule has 2 aromatic carbocycles. The van der Waals surface area contributed by atoms with Crippen LogP contribution in [-0.2, 0) is 11.3 Å². The van der Waals surface area contributed by atoms with Crippen LogP contribution in [0, 0.1) is 0 Å². The van der Waals surface area contributed by atoms with Crippen molar-refractivity contribution in [2.75, 3.05) is 32.1 Å².